The van der Waals surface area contributed by atoms with Gasteiger partial charge in [0.15, 0.2) is 0 Å². The number of rotatable bonds is 4. The van der Waals surface area contributed by atoms with Gasteiger partial charge in [-0.25, -0.2) is 4.79 Å². The lowest BCUT2D eigenvalue weighted by atomic mass is 10.2. The molecule has 0 fully saturated rings. The summed E-state index contributed by atoms with van der Waals surface area (Å²) in [5.74, 6) is 0.216. The second-order valence-electron chi connectivity index (χ2n) is 3.86. The molecule has 0 aliphatic carbocycles. The molecular weight excluding hydrogens is 264 g/mol. The normalized spacial score (nSPS) is 11.7. The highest BCUT2D eigenvalue weighted by Gasteiger charge is 2.15. The van der Waals surface area contributed by atoms with Crippen LogP contribution in [0.25, 0.3) is 0 Å². The van der Waals surface area contributed by atoms with Gasteiger partial charge in [-0.1, -0.05) is 41.9 Å². The number of benzene rings is 2. The van der Waals surface area contributed by atoms with Crippen LogP contribution in [0.1, 0.15) is 21.5 Å². The summed E-state index contributed by atoms with van der Waals surface area (Å²) in [5, 5.41) is 0. The molecular formula is C15H13ClO3. The van der Waals surface area contributed by atoms with Gasteiger partial charge in [-0.3, -0.25) is 0 Å². The number of esters is 1. The van der Waals surface area contributed by atoms with Gasteiger partial charge >= 0.3 is 5.97 Å². The molecule has 4 heteroatoms. The van der Waals surface area contributed by atoms with Gasteiger partial charge < -0.3 is 9.47 Å². The molecule has 2 rings (SSSR count). The number of hydrogen-bond acceptors (Lipinski definition) is 3. The van der Waals surface area contributed by atoms with Crippen molar-refractivity contribution in [2.45, 2.75) is 5.56 Å². The predicted molar refractivity (Wildman–Crippen MR) is 73.4 cm³/mol. The van der Waals surface area contributed by atoms with Crippen molar-refractivity contribution in [2.24, 2.45) is 0 Å². The molecule has 0 aromatic heterocycles. The van der Waals surface area contributed by atoms with Crippen molar-refractivity contribution in [1.29, 1.82) is 0 Å². The first-order valence-electron chi connectivity index (χ1n) is 5.75. The Morgan fingerprint density at radius 3 is 2.26 bits per heavy atom. The fourth-order valence-corrected chi connectivity index (χ4v) is 1.79. The summed E-state index contributed by atoms with van der Waals surface area (Å²) in [6.07, 6.45) is 0. The van der Waals surface area contributed by atoms with Crippen molar-refractivity contribution < 1.29 is 14.3 Å². The summed E-state index contributed by atoms with van der Waals surface area (Å²) in [6, 6.07) is 15.8. The first kappa shape index (κ1) is 13.4. The fourth-order valence-electron chi connectivity index (χ4n) is 1.56. The zero-order valence-corrected chi connectivity index (χ0v) is 11.1. The first-order chi connectivity index (χ1) is 9.20. The van der Waals surface area contributed by atoms with Gasteiger partial charge in [-0.05, 0) is 24.3 Å². The van der Waals surface area contributed by atoms with E-state index >= 15 is 0 Å². The minimum atomic E-state index is -0.796. The molecule has 0 radical (unpaired) electrons. The van der Waals surface area contributed by atoms with Crippen LogP contribution in [0.2, 0.25) is 0 Å². The SMILES string of the molecule is COc1ccc(C(=O)OC(Cl)c2ccccc2)cc1. The Morgan fingerprint density at radius 1 is 1.05 bits per heavy atom. The van der Waals surface area contributed by atoms with Gasteiger partial charge in [0, 0.05) is 5.56 Å². The molecule has 19 heavy (non-hydrogen) atoms. The number of hydrogen-bond donors (Lipinski definition) is 0. The lowest BCUT2D eigenvalue weighted by Gasteiger charge is -2.11. The standard InChI is InChI=1S/C15H13ClO3/c1-18-13-9-7-12(8-10-13)15(17)19-14(16)11-5-3-2-4-6-11/h2-10,14H,1H3. The predicted octanol–water partition coefficient (Wildman–Crippen LogP) is 3.79. The zero-order chi connectivity index (χ0) is 13.7. The molecule has 0 saturated carbocycles. The summed E-state index contributed by atoms with van der Waals surface area (Å²) < 4.78 is 10.2. The number of carbonyl (C=O) groups excluding carboxylic acids is 1. The molecule has 0 heterocycles. The van der Waals surface area contributed by atoms with E-state index in [9.17, 15) is 4.79 Å². The van der Waals surface area contributed by atoms with E-state index < -0.39 is 11.5 Å². The number of carbonyl (C=O) groups is 1. The molecule has 0 aliphatic rings. The maximum absolute atomic E-state index is 11.9. The van der Waals surface area contributed by atoms with Crippen LogP contribution >= 0.6 is 11.6 Å². The summed E-state index contributed by atoms with van der Waals surface area (Å²) in [7, 11) is 1.57. The van der Waals surface area contributed by atoms with Crippen LogP contribution in [0.3, 0.4) is 0 Å². The summed E-state index contributed by atoms with van der Waals surface area (Å²) in [6.45, 7) is 0. The average molecular weight is 277 g/mol. The van der Waals surface area contributed by atoms with Crippen molar-refractivity contribution in [3.63, 3.8) is 0 Å². The van der Waals surface area contributed by atoms with E-state index in [1.165, 1.54) is 0 Å². The van der Waals surface area contributed by atoms with Crippen molar-refractivity contribution in [3.8, 4) is 5.75 Å². The molecule has 2 aromatic carbocycles. The number of methoxy groups -OCH3 is 1. The maximum Gasteiger partial charge on any atom is 0.339 e. The minimum Gasteiger partial charge on any atom is -0.497 e. The Morgan fingerprint density at radius 2 is 1.68 bits per heavy atom. The number of ether oxygens (including phenoxy) is 2. The van der Waals surface area contributed by atoms with E-state index in [2.05, 4.69) is 0 Å². The summed E-state index contributed by atoms with van der Waals surface area (Å²) >= 11 is 6.04. The fraction of sp³-hybridized carbons (Fsp3) is 0.133. The highest BCUT2D eigenvalue weighted by Crippen LogP contribution is 2.23. The Kier molecular flexibility index (Phi) is 4.42. The van der Waals surface area contributed by atoms with Gasteiger partial charge in [-0.15, -0.1) is 0 Å². The highest BCUT2D eigenvalue weighted by atomic mass is 35.5. The van der Waals surface area contributed by atoms with Gasteiger partial charge in [0.05, 0.1) is 12.7 Å². The van der Waals surface area contributed by atoms with Gasteiger partial charge in [-0.2, -0.15) is 0 Å². The molecule has 98 valence electrons. The molecule has 0 amide bonds. The van der Waals surface area contributed by atoms with E-state index in [1.807, 2.05) is 18.2 Å². The third-order valence-electron chi connectivity index (χ3n) is 2.60. The van der Waals surface area contributed by atoms with E-state index in [0.29, 0.717) is 11.3 Å². The van der Waals surface area contributed by atoms with Crippen molar-refractivity contribution in [1.82, 2.24) is 0 Å². The van der Waals surface area contributed by atoms with Crippen molar-refractivity contribution in [3.05, 3.63) is 65.7 Å². The summed E-state index contributed by atoms with van der Waals surface area (Å²) in [5.41, 5.74) is 0.379. The Balaban J connectivity index is 2.04. The van der Waals surface area contributed by atoms with Gasteiger partial charge in [0.2, 0.25) is 5.56 Å². The lowest BCUT2D eigenvalue weighted by Crippen LogP contribution is -2.07. The topological polar surface area (TPSA) is 35.5 Å². The molecule has 1 unspecified atom stereocenters. The monoisotopic (exact) mass is 276 g/mol. The van der Waals surface area contributed by atoms with Crippen LogP contribution in [-0.4, -0.2) is 13.1 Å². The quantitative estimate of drug-likeness (QED) is 0.629. The first-order valence-corrected chi connectivity index (χ1v) is 6.18. The van der Waals surface area contributed by atoms with Crippen LogP contribution in [0.5, 0.6) is 5.75 Å². The van der Waals surface area contributed by atoms with Gasteiger partial charge in [0.25, 0.3) is 0 Å². The largest absolute Gasteiger partial charge is 0.497 e. The third-order valence-corrected chi connectivity index (χ3v) is 2.94. The summed E-state index contributed by atoms with van der Waals surface area (Å²) in [4.78, 5) is 11.9. The molecule has 1 atom stereocenters. The second-order valence-corrected chi connectivity index (χ2v) is 4.26. The molecule has 0 N–H and O–H groups in total. The van der Waals surface area contributed by atoms with Crippen LogP contribution in [0.15, 0.2) is 54.6 Å². The zero-order valence-electron chi connectivity index (χ0n) is 10.4. The average Bonchev–Trinajstić information content (AvgIpc) is 2.48. The molecule has 0 spiro atoms. The molecule has 3 nitrogen and oxygen atoms in total. The lowest BCUT2D eigenvalue weighted by molar-refractivity contribution is 0.0446. The number of halogens is 1. The van der Waals surface area contributed by atoms with Crippen LogP contribution < -0.4 is 4.74 Å². The Bertz CT molecular complexity index is 537. The van der Waals surface area contributed by atoms with E-state index in [0.717, 1.165) is 5.56 Å². The number of alkyl halides is 1. The van der Waals surface area contributed by atoms with Crippen LogP contribution in [-0.2, 0) is 4.74 Å². The second kappa shape index (κ2) is 6.25. The van der Waals surface area contributed by atoms with Crippen molar-refractivity contribution >= 4 is 17.6 Å². The van der Waals surface area contributed by atoms with E-state index in [1.54, 1.807) is 43.5 Å². The van der Waals surface area contributed by atoms with Crippen LogP contribution in [0.4, 0.5) is 0 Å². The molecule has 2 aromatic rings. The molecule has 0 aliphatic heterocycles. The van der Waals surface area contributed by atoms with Crippen LogP contribution in [0, 0.1) is 0 Å². The highest BCUT2D eigenvalue weighted by molar-refractivity contribution is 6.20. The van der Waals surface area contributed by atoms with Crippen molar-refractivity contribution in [2.75, 3.05) is 7.11 Å². The smallest absolute Gasteiger partial charge is 0.339 e. The molecule has 0 saturated heterocycles. The minimum absolute atomic E-state index is 0.433. The third kappa shape index (κ3) is 3.48. The van der Waals surface area contributed by atoms with E-state index in [-0.39, 0.29) is 0 Å². The van der Waals surface area contributed by atoms with E-state index in [4.69, 9.17) is 21.1 Å². The Hall–Kier alpha value is -2.00. The molecule has 0 bridgehead atoms. The maximum atomic E-state index is 11.9. The van der Waals surface area contributed by atoms with Gasteiger partial charge in [0.1, 0.15) is 5.75 Å². The Labute approximate surface area is 116 Å².